The van der Waals surface area contributed by atoms with Crippen LogP contribution in [0.15, 0.2) is 18.2 Å². The highest BCUT2D eigenvalue weighted by molar-refractivity contribution is 5.17. The van der Waals surface area contributed by atoms with Crippen LogP contribution in [-0.4, -0.2) is 4.98 Å². The molecule has 0 aromatic carbocycles. The van der Waals surface area contributed by atoms with Gasteiger partial charge in [0.1, 0.15) is 5.69 Å². The standard InChI is InChI=1S/C8H7F3N/c1-2-6-4-3-5-7(12-6)8(9,10)11/h2-5H,1H3. The predicted molar refractivity (Wildman–Crippen MR) is 38.3 cm³/mol. The van der Waals surface area contributed by atoms with Crippen LogP contribution in [0.1, 0.15) is 18.3 Å². The summed E-state index contributed by atoms with van der Waals surface area (Å²) in [6.45, 7) is 1.64. The third-order valence-electron chi connectivity index (χ3n) is 1.36. The van der Waals surface area contributed by atoms with Gasteiger partial charge in [0.05, 0.1) is 0 Å². The smallest absolute Gasteiger partial charge is 0.248 e. The first-order chi connectivity index (χ1) is 5.54. The lowest BCUT2D eigenvalue weighted by molar-refractivity contribution is -0.141. The van der Waals surface area contributed by atoms with E-state index in [1.165, 1.54) is 18.6 Å². The first-order valence-corrected chi connectivity index (χ1v) is 3.37. The number of hydrogen-bond acceptors (Lipinski definition) is 1. The molecule has 0 spiro atoms. The largest absolute Gasteiger partial charge is 0.433 e. The second-order valence-electron chi connectivity index (χ2n) is 2.23. The monoisotopic (exact) mass is 174 g/mol. The second kappa shape index (κ2) is 3.13. The van der Waals surface area contributed by atoms with Crippen molar-refractivity contribution in [2.45, 2.75) is 13.1 Å². The van der Waals surface area contributed by atoms with Crippen molar-refractivity contribution >= 4 is 0 Å². The molecule has 0 bridgehead atoms. The zero-order valence-corrected chi connectivity index (χ0v) is 6.39. The molecule has 0 amide bonds. The van der Waals surface area contributed by atoms with Crippen molar-refractivity contribution in [1.29, 1.82) is 0 Å². The summed E-state index contributed by atoms with van der Waals surface area (Å²) in [7, 11) is 0. The lowest BCUT2D eigenvalue weighted by atomic mass is 10.2. The van der Waals surface area contributed by atoms with Gasteiger partial charge < -0.3 is 0 Å². The van der Waals surface area contributed by atoms with Crippen LogP contribution in [-0.2, 0) is 6.18 Å². The van der Waals surface area contributed by atoms with Gasteiger partial charge in [0, 0.05) is 12.1 Å². The molecule has 0 aliphatic rings. The fourth-order valence-electron chi connectivity index (χ4n) is 0.770. The molecule has 65 valence electrons. The topological polar surface area (TPSA) is 12.9 Å². The van der Waals surface area contributed by atoms with Gasteiger partial charge in [0.25, 0.3) is 0 Å². The summed E-state index contributed by atoms with van der Waals surface area (Å²) in [5.41, 5.74) is -0.511. The van der Waals surface area contributed by atoms with E-state index in [2.05, 4.69) is 4.98 Å². The van der Waals surface area contributed by atoms with E-state index >= 15 is 0 Å². The highest BCUT2D eigenvalue weighted by Gasteiger charge is 2.32. The molecule has 1 aromatic heterocycles. The molecule has 12 heavy (non-hydrogen) atoms. The number of rotatable bonds is 1. The van der Waals surface area contributed by atoms with E-state index in [9.17, 15) is 13.2 Å². The summed E-state index contributed by atoms with van der Waals surface area (Å²) in [6.07, 6.45) is -2.83. The normalized spacial score (nSPS) is 11.7. The zero-order chi connectivity index (χ0) is 9.19. The molecule has 0 aliphatic heterocycles. The number of nitrogens with zero attached hydrogens (tertiary/aromatic N) is 1. The molecule has 0 fully saturated rings. The molecule has 4 heteroatoms. The molecular weight excluding hydrogens is 167 g/mol. The Morgan fingerprint density at radius 1 is 1.33 bits per heavy atom. The third kappa shape index (κ3) is 1.96. The molecule has 0 aliphatic carbocycles. The van der Waals surface area contributed by atoms with Crippen molar-refractivity contribution in [2.24, 2.45) is 0 Å². The number of alkyl halides is 3. The Kier molecular flexibility index (Phi) is 2.35. The number of aromatic nitrogens is 1. The Morgan fingerprint density at radius 2 is 2.00 bits per heavy atom. The quantitative estimate of drug-likeness (QED) is 0.637. The highest BCUT2D eigenvalue weighted by atomic mass is 19.4. The maximum absolute atomic E-state index is 12.0. The van der Waals surface area contributed by atoms with Crippen molar-refractivity contribution < 1.29 is 13.2 Å². The van der Waals surface area contributed by atoms with Crippen LogP contribution < -0.4 is 0 Å². The lowest BCUT2D eigenvalue weighted by Gasteiger charge is -2.05. The first kappa shape index (κ1) is 9.03. The van der Waals surface area contributed by atoms with E-state index in [4.69, 9.17) is 0 Å². The summed E-state index contributed by atoms with van der Waals surface area (Å²) in [4.78, 5) is 3.38. The van der Waals surface area contributed by atoms with Crippen LogP contribution >= 0.6 is 0 Å². The van der Waals surface area contributed by atoms with Gasteiger partial charge in [0.2, 0.25) is 0 Å². The summed E-state index contributed by atoms with van der Waals surface area (Å²) < 4.78 is 36.1. The SMILES string of the molecule is C[CH]c1cccc(C(F)(F)F)n1. The van der Waals surface area contributed by atoms with Crippen molar-refractivity contribution in [3.8, 4) is 0 Å². The molecule has 1 radical (unpaired) electrons. The van der Waals surface area contributed by atoms with Crippen LogP contribution in [0.4, 0.5) is 13.2 Å². The first-order valence-electron chi connectivity index (χ1n) is 3.37. The number of hydrogen-bond donors (Lipinski definition) is 0. The van der Waals surface area contributed by atoms with E-state index in [1.54, 1.807) is 6.92 Å². The van der Waals surface area contributed by atoms with E-state index in [0.29, 0.717) is 5.69 Å². The Morgan fingerprint density at radius 3 is 2.50 bits per heavy atom. The molecule has 1 nitrogen and oxygen atoms in total. The lowest BCUT2D eigenvalue weighted by Crippen LogP contribution is -2.08. The van der Waals surface area contributed by atoms with Crippen molar-refractivity contribution in [2.75, 3.05) is 0 Å². The molecule has 1 aromatic rings. The summed E-state index contributed by atoms with van der Waals surface area (Å²) in [6, 6.07) is 3.81. The van der Waals surface area contributed by atoms with E-state index in [1.807, 2.05) is 0 Å². The van der Waals surface area contributed by atoms with Gasteiger partial charge in [-0.25, -0.2) is 4.98 Å². The Hall–Kier alpha value is -1.06. The molecule has 0 saturated carbocycles. The summed E-state index contributed by atoms with van der Waals surface area (Å²) >= 11 is 0. The maximum atomic E-state index is 12.0. The van der Waals surface area contributed by atoms with Crippen molar-refractivity contribution in [3.05, 3.63) is 36.0 Å². The highest BCUT2D eigenvalue weighted by Crippen LogP contribution is 2.27. The number of halogens is 3. The minimum atomic E-state index is -4.35. The van der Waals surface area contributed by atoms with Crippen molar-refractivity contribution in [1.82, 2.24) is 4.98 Å². The zero-order valence-electron chi connectivity index (χ0n) is 6.39. The second-order valence-corrected chi connectivity index (χ2v) is 2.23. The molecular formula is C8H7F3N. The van der Waals surface area contributed by atoms with Gasteiger partial charge in [-0.15, -0.1) is 0 Å². The molecule has 0 unspecified atom stereocenters. The average molecular weight is 174 g/mol. The molecule has 1 heterocycles. The van der Waals surface area contributed by atoms with Gasteiger partial charge in [-0.2, -0.15) is 13.2 Å². The predicted octanol–water partition coefficient (Wildman–Crippen LogP) is 2.67. The van der Waals surface area contributed by atoms with Gasteiger partial charge >= 0.3 is 6.18 Å². The van der Waals surface area contributed by atoms with E-state index in [0.717, 1.165) is 6.07 Å². The Labute approximate surface area is 68.2 Å². The fourth-order valence-corrected chi connectivity index (χ4v) is 0.770. The van der Waals surface area contributed by atoms with Crippen LogP contribution in [0, 0.1) is 6.42 Å². The molecule has 1 rings (SSSR count). The van der Waals surface area contributed by atoms with Gasteiger partial charge in [-0.3, -0.25) is 0 Å². The van der Waals surface area contributed by atoms with Crippen LogP contribution in [0.3, 0.4) is 0 Å². The molecule has 0 N–H and O–H groups in total. The van der Waals surface area contributed by atoms with Gasteiger partial charge in [-0.05, 0) is 12.1 Å². The van der Waals surface area contributed by atoms with Crippen molar-refractivity contribution in [3.63, 3.8) is 0 Å². The van der Waals surface area contributed by atoms with Crippen LogP contribution in [0.25, 0.3) is 0 Å². The molecule has 0 saturated heterocycles. The Bertz CT molecular complexity index is 267. The third-order valence-corrected chi connectivity index (χ3v) is 1.36. The van der Waals surface area contributed by atoms with Crippen LogP contribution in [0.2, 0.25) is 0 Å². The minimum absolute atomic E-state index is 0.338. The minimum Gasteiger partial charge on any atom is -0.248 e. The summed E-state index contributed by atoms with van der Waals surface area (Å²) in [5, 5.41) is 0. The van der Waals surface area contributed by atoms with Gasteiger partial charge in [0.15, 0.2) is 0 Å². The Balaban J connectivity index is 3.02. The van der Waals surface area contributed by atoms with E-state index < -0.39 is 11.9 Å². The number of pyridine rings is 1. The average Bonchev–Trinajstić information content (AvgIpc) is 2.03. The summed E-state index contributed by atoms with van der Waals surface area (Å²) in [5.74, 6) is 0. The van der Waals surface area contributed by atoms with E-state index in [-0.39, 0.29) is 0 Å². The van der Waals surface area contributed by atoms with Crippen LogP contribution in [0.5, 0.6) is 0 Å². The maximum Gasteiger partial charge on any atom is 0.433 e. The van der Waals surface area contributed by atoms with Gasteiger partial charge in [-0.1, -0.05) is 13.0 Å². The fraction of sp³-hybridized carbons (Fsp3) is 0.250. The molecule has 0 atom stereocenters.